The quantitative estimate of drug-likeness (QED) is 0.698. The minimum Gasteiger partial charge on any atom is -0.453 e. The standard InChI is InChI=1S/C15H21N3O4/c1-10-5-7-12(8-6-10)16-13(19)9-18(3)11(2)14(20)17-15(21)22-4/h5-8,11H,9H2,1-4H3,(H,16,19)(H,17,20,21)/p+1/t11-/m1/s1. The molecule has 0 aliphatic rings. The maximum atomic E-state index is 12.0. The van der Waals surface area contributed by atoms with Gasteiger partial charge in [0.2, 0.25) is 0 Å². The van der Waals surface area contributed by atoms with E-state index in [2.05, 4.69) is 15.4 Å². The second-order valence-electron chi connectivity index (χ2n) is 5.14. The summed E-state index contributed by atoms with van der Waals surface area (Å²) < 4.78 is 4.36. The van der Waals surface area contributed by atoms with E-state index in [1.54, 1.807) is 14.0 Å². The summed E-state index contributed by atoms with van der Waals surface area (Å²) >= 11 is 0. The third-order valence-electron chi connectivity index (χ3n) is 3.32. The SMILES string of the molecule is COC(=O)NC(=O)[C@@H](C)[NH+](C)CC(=O)Nc1ccc(C)cc1. The molecule has 0 bridgehead atoms. The molecule has 7 nitrogen and oxygen atoms in total. The maximum absolute atomic E-state index is 12.0. The lowest BCUT2D eigenvalue weighted by molar-refractivity contribution is -0.885. The zero-order chi connectivity index (χ0) is 16.7. The molecule has 22 heavy (non-hydrogen) atoms. The van der Waals surface area contributed by atoms with Gasteiger partial charge in [0.15, 0.2) is 12.6 Å². The highest BCUT2D eigenvalue weighted by atomic mass is 16.5. The van der Waals surface area contributed by atoms with Gasteiger partial charge >= 0.3 is 6.09 Å². The van der Waals surface area contributed by atoms with Gasteiger partial charge in [0.1, 0.15) is 0 Å². The Labute approximate surface area is 129 Å². The van der Waals surface area contributed by atoms with Crippen molar-refractivity contribution in [1.29, 1.82) is 0 Å². The van der Waals surface area contributed by atoms with Crippen molar-refractivity contribution in [2.45, 2.75) is 19.9 Å². The van der Waals surface area contributed by atoms with Gasteiger partial charge in [-0.25, -0.2) is 4.79 Å². The molecule has 1 aromatic rings. The summed E-state index contributed by atoms with van der Waals surface area (Å²) in [5.74, 6) is -0.702. The monoisotopic (exact) mass is 308 g/mol. The Morgan fingerprint density at radius 3 is 2.36 bits per heavy atom. The van der Waals surface area contributed by atoms with Crippen LogP contribution in [0.25, 0.3) is 0 Å². The van der Waals surface area contributed by atoms with Crippen molar-refractivity contribution < 1.29 is 24.0 Å². The number of imide groups is 1. The van der Waals surface area contributed by atoms with Crippen molar-refractivity contribution in [2.75, 3.05) is 26.0 Å². The molecule has 0 radical (unpaired) electrons. The summed E-state index contributed by atoms with van der Waals surface area (Å²) in [6.45, 7) is 3.70. The van der Waals surface area contributed by atoms with Crippen LogP contribution in [0.3, 0.4) is 0 Å². The molecule has 0 spiro atoms. The average molecular weight is 308 g/mol. The summed E-state index contributed by atoms with van der Waals surface area (Å²) in [6, 6.07) is 6.87. The maximum Gasteiger partial charge on any atom is 0.413 e. The number of ether oxygens (including phenoxy) is 1. The van der Waals surface area contributed by atoms with Crippen molar-refractivity contribution in [2.24, 2.45) is 0 Å². The van der Waals surface area contributed by atoms with E-state index in [0.29, 0.717) is 10.6 Å². The lowest BCUT2D eigenvalue weighted by Crippen LogP contribution is -3.15. The smallest absolute Gasteiger partial charge is 0.413 e. The molecule has 0 aliphatic heterocycles. The Kier molecular flexibility index (Phi) is 6.52. The van der Waals surface area contributed by atoms with E-state index in [1.807, 2.05) is 31.2 Å². The summed E-state index contributed by atoms with van der Waals surface area (Å²) in [7, 11) is 2.88. The van der Waals surface area contributed by atoms with Gasteiger partial charge in [-0.2, -0.15) is 0 Å². The van der Waals surface area contributed by atoms with E-state index >= 15 is 0 Å². The predicted molar refractivity (Wildman–Crippen MR) is 81.6 cm³/mol. The van der Waals surface area contributed by atoms with Crippen LogP contribution < -0.4 is 15.5 Å². The number of likely N-dealkylation sites (N-methyl/N-ethyl adjacent to an activating group) is 1. The lowest BCUT2D eigenvalue weighted by atomic mass is 10.2. The summed E-state index contributed by atoms with van der Waals surface area (Å²) in [4.78, 5) is 35.4. The average Bonchev–Trinajstić information content (AvgIpc) is 2.48. The number of carbonyl (C=O) groups is 3. The first-order valence-corrected chi connectivity index (χ1v) is 6.91. The van der Waals surface area contributed by atoms with Gasteiger partial charge < -0.3 is 15.0 Å². The Morgan fingerprint density at radius 1 is 1.23 bits per heavy atom. The van der Waals surface area contributed by atoms with Crippen LogP contribution >= 0.6 is 0 Å². The number of nitrogens with one attached hydrogen (secondary N) is 3. The minimum absolute atomic E-state index is 0.101. The van der Waals surface area contributed by atoms with E-state index in [0.717, 1.165) is 5.56 Å². The number of hydrogen-bond acceptors (Lipinski definition) is 4. The number of rotatable bonds is 5. The number of aryl methyl sites for hydroxylation is 1. The second kappa shape index (κ2) is 8.14. The number of methoxy groups -OCH3 is 1. The summed E-state index contributed by atoms with van der Waals surface area (Å²) in [5, 5.41) is 4.85. The molecule has 1 aromatic carbocycles. The molecule has 2 atom stereocenters. The van der Waals surface area contributed by atoms with E-state index in [-0.39, 0.29) is 12.5 Å². The molecule has 1 rings (SSSR count). The van der Waals surface area contributed by atoms with Crippen LogP contribution in [-0.2, 0) is 14.3 Å². The van der Waals surface area contributed by atoms with Crippen molar-refractivity contribution in [3.8, 4) is 0 Å². The first kappa shape index (κ1) is 17.6. The fourth-order valence-electron chi connectivity index (χ4n) is 1.73. The minimum atomic E-state index is -0.811. The third kappa shape index (κ3) is 5.53. The molecular formula is C15H22N3O4+. The number of alkyl carbamates (subject to hydrolysis) is 1. The highest BCUT2D eigenvalue weighted by Gasteiger charge is 2.25. The van der Waals surface area contributed by atoms with Crippen LogP contribution in [-0.4, -0.2) is 44.7 Å². The molecule has 0 heterocycles. The molecule has 3 N–H and O–H groups in total. The zero-order valence-electron chi connectivity index (χ0n) is 13.2. The van der Waals surface area contributed by atoms with Gasteiger partial charge in [0, 0.05) is 5.69 Å². The summed E-state index contributed by atoms with van der Waals surface area (Å²) in [6.07, 6.45) is -0.811. The normalized spacial score (nSPS) is 12.9. The third-order valence-corrected chi connectivity index (χ3v) is 3.32. The Balaban J connectivity index is 2.50. The number of anilines is 1. The van der Waals surface area contributed by atoms with Gasteiger partial charge in [-0.05, 0) is 26.0 Å². The number of quaternary nitrogens is 1. The molecule has 0 aliphatic carbocycles. The topological polar surface area (TPSA) is 88.9 Å². The van der Waals surface area contributed by atoms with E-state index < -0.39 is 18.0 Å². The van der Waals surface area contributed by atoms with Crippen molar-refractivity contribution >= 4 is 23.6 Å². The fourth-order valence-corrected chi connectivity index (χ4v) is 1.73. The van der Waals surface area contributed by atoms with Crippen molar-refractivity contribution in [3.05, 3.63) is 29.8 Å². The lowest BCUT2D eigenvalue weighted by Gasteiger charge is -2.20. The van der Waals surface area contributed by atoms with Crippen molar-refractivity contribution in [3.63, 3.8) is 0 Å². The fraction of sp³-hybridized carbons (Fsp3) is 0.400. The first-order chi connectivity index (χ1) is 10.3. The molecule has 7 heteroatoms. The van der Waals surface area contributed by atoms with E-state index in [1.165, 1.54) is 7.11 Å². The predicted octanol–water partition coefficient (Wildman–Crippen LogP) is -0.281. The van der Waals surface area contributed by atoms with Crippen molar-refractivity contribution in [1.82, 2.24) is 5.32 Å². The van der Waals surface area contributed by atoms with Crippen LogP contribution in [0, 0.1) is 6.92 Å². The second-order valence-corrected chi connectivity index (χ2v) is 5.14. The highest BCUT2D eigenvalue weighted by molar-refractivity contribution is 5.94. The molecule has 0 aromatic heterocycles. The molecule has 0 fully saturated rings. The molecule has 120 valence electrons. The van der Waals surface area contributed by atoms with Gasteiger partial charge in [-0.15, -0.1) is 0 Å². The Hall–Kier alpha value is -2.41. The zero-order valence-corrected chi connectivity index (χ0v) is 13.2. The largest absolute Gasteiger partial charge is 0.453 e. The number of carbonyl (C=O) groups excluding carboxylic acids is 3. The van der Waals surface area contributed by atoms with E-state index in [4.69, 9.17) is 0 Å². The molecule has 3 amide bonds. The molecule has 1 unspecified atom stereocenters. The van der Waals surface area contributed by atoms with Gasteiger partial charge in [-0.1, -0.05) is 17.7 Å². The van der Waals surface area contributed by atoms with Crippen LogP contribution in [0.2, 0.25) is 0 Å². The molecule has 0 saturated heterocycles. The Morgan fingerprint density at radius 2 is 1.82 bits per heavy atom. The molecule has 0 saturated carbocycles. The number of benzene rings is 1. The van der Waals surface area contributed by atoms with E-state index in [9.17, 15) is 14.4 Å². The molecular weight excluding hydrogens is 286 g/mol. The van der Waals surface area contributed by atoms with Gasteiger partial charge in [0.25, 0.3) is 11.8 Å². The number of hydrogen-bond donors (Lipinski definition) is 3. The van der Waals surface area contributed by atoms with Gasteiger partial charge in [0.05, 0.1) is 14.2 Å². The van der Waals surface area contributed by atoms with Crippen LogP contribution in [0.1, 0.15) is 12.5 Å². The van der Waals surface area contributed by atoms with Crippen LogP contribution in [0.4, 0.5) is 10.5 Å². The highest BCUT2D eigenvalue weighted by Crippen LogP contribution is 2.07. The van der Waals surface area contributed by atoms with Crippen LogP contribution in [0.15, 0.2) is 24.3 Å². The summed E-state index contributed by atoms with van der Waals surface area (Å²) in [5.41, 5.74) is 1.81. The first-order valence-electron chi connectivity index (χ1n) is 6.91. The van der Waals surface area contributed by atoms with Gasteiger partial charge in [-0.3, -0.25) is 14.9 Å². The van der Waals surface area contributed by atoms with Crippen LogP contribution in [0.5, 0.6) is 0 Å². The Bertz CT molecular complexity index is 542. The number of amides is 3.